The minimum atomic E-state index is -0.483. The molecule has 29 heavy (non-hydrogen) atoms. The first-order valence-corrected chi connectivity index (χ1v) is 9.98. The van der Waals surface area contributed by atoms with Crippen LogP contribution in [0.2, 0.25) is 0 Å². The van der Waals surface area contributed by atoms with Crippen molar-refractivity contribution in [3.63, 3.8) is 0 Å². The zero-order valence-corrected chi connectivity index (χ0v) is 17.5. The first kappa shape index (κ1) is 23.1. The molecule has 1 atom stereocenters. The van der Waals surface area contributed by atoms with E-state index in [1.54, 1.807) is 4.90 Å². The number of halogens is 1. The molecule has 0 spiro atoms. The SMILES string of the molecule is CC(CC(=O)N1CCN(C(=O)c2ccc([N+](=O)[O-])cc2)CC1)C1CCNCC1.Cl. The molecule has 2 aliphatic heterocycles. The fourth-order valence-corrected chi connectivity index (χ4v) is 4.05. The lowest BCUT2D eigenvalue weighted by Crippen LogP contribution is -2.51. The van der Waals surface area contributed by atoms with Gasteiger partial charge in [0.05, 0.1) is 4.92 Å². The number of nitrogens with zero attached hydrogens (tertiary/aromatic N) is 3. The molecule has 0 radical (unpaired) electrons. The second-order valence-electron chi connectivity index (χ2n) is 7.75. The minimum absolute atomic E-state index is 0. The van der Waals surface area contributed by atoms with Crippen LogP contribution in [0.3, 0.4) is 0 Å². The molecular formula is C20H29ClN4O4. The molecule has 8 nitrogen and oxygen atoms in total. The number of nitro groups is 1. The van der Waals surface area contributed by atoms with Gasteiger partial charge < -0.3 is 15.1 Å². The highest BCUT2D eigenvalue weighted by Gasteiger charge is 2.28. The third kappa shape index (κ3) is 5.90. The maximum absolute atomic E-state index is 12.6. The van der Waals surface area contributed by atoms with E-state index in [9.17, 15) is 19.7 Å². The molecule has 2 fully saturated rings. The van der Waals surface area contributed by atoms with Crippen molar-refractivity contribution in [3.8, 4) is 0 Å². The van der Waals surface area contributed by atoms with Crippen molar-refractivity contribution >= 4 is 29.9 Å². The van der Waals surface area contributed by atoms with E-state index >= 15 is 0 Å². The lowest BCUT2D eigenvalue weighted by Gasteiger charge is -2.36. The number of nitrogens with one attached hydrogen (secondary N) is 1. The Hall–Kier alpha value is -2.19. The molecule has 0 aliphatic carbocycles. The van der Waals surface area contributed by atoms with E-state index in [1.165, 1.54) is 24.3 Å². The number of carbonyl (C=O) groups excluding carboxylic acids is 2. The number of piperazine rings is 1. The summed E-state index contributed by atoms with van der Waals surface area (Å²) in [4.78, 5) is 39.0. The number of hydrogen-bond acceptors (Lipinski definition) is 5. The summed E-state index contributed by atoms with van der Waals surface area (Å²) in [7, 11) is 0. The lowest BCUT2D eigenvalue weighted by atomic mass is 9.84. The third-order valence-corrected chi connectivity index (χ3v) is 5.93. The monoisotopic (exact) mass is 424 g/mol. The molecule has 2 heterocycles. The maximum Gasteiger partial charge on any atom is 0.269 e. The van der Waals surface area contributed by atoms with Crippen LogP contribution in [0.5, 0.6) is 0 Å². The first-order valence-electron chi connectivity index (χ1n) is 9.98. The molecule has 0 aromatic heterocycles. The molecule has 1 aromatic carbocycles. The normalized spacial score (nSPS) is 18.7. The molecule has 0 saturated carbocycles. The van der Waals surface area contributed by atoms with Crippen molar-refractivity contribution in [1.29, 1.82) is 0 Å². The maximum atomic E-state index is 12.6. The van der Waals surface area contributed by atoms with E-state index in [-0.39, 0.29) is 29.9 Å². The number of nitro benzene ring substituents is 1. The molecule has 1 aromatic rings. The van der Waals surface area contributed by atoms with Crippen LogP contribution >= 0.6 is 12.4 Å². The Kier molecular flexibility index (Phi) is 8.40. The summed E-state index contributed by atoms with van der Waals surface area (Å²) < 4.78 is 0. The van der Waals surface area contributed by atoms with Crippen molar-refractivity contribution < 1.29 is 14.5 Å². The fourth-order valence-electron chi connectivity index (χ4n) is 4.05. The highest BCUT2D eigenvalue weighted by molar-refractivity contribution is 5.94. The smallest absolute Gasteiger partial charge is 0.269 e. The Balaban J connectivity index is 0.00000300. The van der Waals surface area contributed by atoms with Crippen molar-refractivity contribution in [2.75, 3.05) is 39.3 Å². The van der Waals surface area contributed by atoms with Gasteiger partial charge in [-0.2, -0.15) is 0 Å². The van der Waals surface area contributed by atoms with Crippen molar-refractivity contribution in [2.45, 2.75) is 26.2 Å². The van der Waals surface area contributed by atoms with Gasteiger partial charge in [-0.1, -0.05) is 6.92 Å². The number of hydrogen-bond donors (Lipinski definition) is 1. The Bertz CT molecular complexity index is 714. The quantitative estimate of drug-likeness (QED) is 0.578. The summed E-state index contributed by atoms with van der Waals surface area (Å²) in [6, 6.07) is 5.65. The topological polar surface area (TPSA) is 95.8 Å². The van der Waals surface area contributed by atoms with Crippen LogP contribution in [-0.4, -0.2) is 65.8 Å². The summed E-state index contributed by atoms with van der Waals surface area (Å²) in [5.41, 5.74) is 0.403. The summed E-state index contributed by atoms with van der Waals surface area (Å²) in [5.74, 6) is 1.02. The number of rotatable bonds is 5. The summed E-state index contributed by atoms with van der Waals surface area (Å²) in [5, 5.41) is 14.1. The van der Waals surface area contributed by atoms with E-state index in [1.807, 2.05) is 4.90 Å². The van der Waals surface area contributed by atoms with Gasteiger partial charge >= 0.3 is 0 Å². The van der Waals surface area contributed by atoms with Gasteiger partial charge in [0.15, 0.2) is 0 Å². The second-order valence-corrected chi connectivity index (χ2v) is 7.75. The van der Waals surface area contributed by atoms with Gasteiger partial charge in [0.25, 0.3) is 11.6 Å². The molecular weight excluding hydrogens is 396 g/mol. The second kappa shape index (κ2) is 10.5. The van der Waals surface area contributed by atoms with Crippen molar-refractivity contribution in [3.05, 3.63) is 39.9 Å². The highest BCUT2D eigenvalue weighted by Crippen LogP contribution is 2.25. The van der Waals surface area contributed by atoms with Gasteiger partial charge in [-0.25, -0.2) is 0 Å². The molecule has 3 rings (SSSR count). The van der Waals surface area contributed by atoms with Crippen molar-refractivity contribution in [2.24, 2.45) is 11.8 Å². The molecule has 0 bridgehead atoms. The van der Waals surface area contributed by atoms with Gasteiger partial charge in [-0.05, 0) is 49.9 Å². The van der Waals surface area contributed by atoms with Crippen LogP contribution in [-0.2, 0) is 4.79 Å². The van der Waals surface area contributed by atoms with Crippen LogP contribution in [0, 0.1) is 22.0 Å². The van der Waals surface area contributed by atoms with E-state index < -0.39 is 4.92 Å². The largest absolute Gasteiger partial charge is 0.339 e. The van der Waals surface area contributed by atoms with Crippen LogP contribution in [0.4, 0.5) is 5.69 Å². The number of non-ortho nitro benzene ring substituents is 1. The van der Waals surface area contributed by atoms with Gasteiger partial charge in [0.2, 0.25) is 5.91 Å². The zero-order valence-electron chi connectivity index (χ0n) is 16.7. The predicted molar refractivity (Wildman–Crippen MR) is 112 cm³/mol. The van der Waals surface area contributed by atoms with Crippen LogP contribution < -0.4 is 5.32 Å². The van der Waals surface area contributed by atoms with Crippen LogP contribution in [0.15, 0.2) is 24.3 Å². The van der Waals surface area contributed by atoms with E-state index in [0.717, 1.165) is 25.9 Å². The van der Waals surface area contributed by atoms with E-state index in [4.69, 9.17) is 0 Å². The first-order chi connectivity index (χ1) is 13.5. The van der Waals surface area contributed by atoms with E-state index in [2.05, 4.69) is 12.2 Å². The summed E-state index contributed by atoms with van der Waals surface area (Å²) >= 11 is 0. The fraction of sp³-hybridized carbons (Fsp3) is 0.600. The number of amides is 2. The zero-order chi connectivity index (χ0) is 20.1. The average molecular weight is 425 g/mol. The van der Waals surface area contributed by atoms with Gasteiger partial charge in [-0.15, -0.1) is 12.4 Å². The minimum Gasteiger partial charge on any atom is -0.339 e. The Morgan fingerprint density at radius 1 is 1.10 bits per heavy atom. The molecule has 1 N–H and O–H groups in total. The molecule has 2 amide bonds. The van der Waals surface area contributed by atoms with Crippen LogP contribution in [0.1, 0.15) is 36.5 Å². The summed E-state index contributed by atoms with van der Waals surface area (Å²) in [6.45, 7) is 6.29. The standard InChI is InChI=1S/C20H28N4O4.ClH/c1-15(16-6-8-21-9-7-16)14-19(25)22-10-12-23(13-11-22)20(26)17-2-4-18(5-3-17)24(27)28;/h2-5,15-16,21H,6-14H2,1H3;1H. The van der Waals surface area contributed by atoms with Gasteiger partial charge in [0, 0.05) is 50.3 Å². The number of benzene rings is 1. The number of carbonyl (C=O) groups is 2. The van der Waals surface area contributed by atoms with Crippen LogP contribution in [0.25, 0.3) is 0 Å². The Morgan fingerprint density at radius 2 is 1.66 bits per heavy atom. The Morgan fingerprint density at radius 3 is 2.21 bits per heavy atom. The summed E-state index contributed by atoms with van der Waals surface area (Å²) in [6.07, 6.45) is 2.83. The molecule has 9 heteroatoms. The molecule has 2 aliphatic rings. The molecule has 160 valence electrons. The molecule has 2 saturated heterocycles. The van der Waals surface area contributed by atoms with Gasteiger partial charge in [-0.3, -0.25) is 19.7 Å². The third-order valence-electron chi connectivity index (χ3n) is 5.93. The van der Waals surface area contributed by atoms with Crippen molar-refractivity contribution in [1.82, 2.24) is 15.1 Å². The number of piperidine rings is 1. The highest BCUT2D eigenvalue weighted by atomic mass is 35.5. The van der Waals surface area contributed by atoms with Gasteiger partial charge in [0.1, 0.15) is 0 Å². The lowest BCUT2D eigenvalue weighted by molar-refractivity contribution is -0.384. The molecule has 1 unspecified atom stereocenters. The van der Waals surface area contributed by atoms with E-state index in [0.29, 0.717) is 50.0 Å². The Labute approximate surface area is 177 Å². The average Bonchev–Trinajstić information content (AvgIpc) is 2.74. The predicted octanol–water partition coefficient (Wildman–Crippen LogP) is 2.33.